The Kier molecular flexibility index (Phi) is 6.61. The van der Waals surface area contributed by atoms with Crippen LogP contribution in [0.15, 0.2) is 0 Å². The highest BCUT2D eigenvalue weighted by atomic mass is 32.2. The summed E-state index contributed by atoms with van der Waals surface area (Å²) in [5.41, 5.74) is 0. The fraction of sp³-hybridized carbons (Fsp3) is 1.00. The summed E-state index contributed by atoms with van der Waals surface area (Å²) in [5.74, 6) is 1.73. The lowest BCUT2D eigenvalue weighted by atomic mass is 10.1. The van der Waals surface area contributed by atoms with Crippen LogP contribution in [0.1, 0.15) is 19.3 Å². The van der Waals surface area contributed by atoms with E-state index in [1.165, 1.54) is 6.26 Å². The number of rotatable bonds is 6. The first-order valence-electron chi connectivity index (χ1n) is 7.40. The summed E-state index contributed by atoms with van der Waals surface area (Å²) in [6.07, 6.45) is 4.83. The molecule has 2 rings (SSSR count). The molecule has 1 unspecified atom stereocenters. The largest absolute Gasteiger partial charge is 0.378 e. The SMILES string of the molecule is CS(=O)(=O)C1CSCCN1CCCOC1CCNCC1. The maximum Gasteiger partial charge on any atom is 0.164 e. The van der Waals surface area contributed by atoms with Gasteiger partial charge in [-0.15, -0.1) is 0 Å². The molecule has 1 N–H and O–H groups in total. The van der Waals surface area contributed by atoms with Crippen LogP contribution in [0.3, 0.4) is 0 Å². The van der Waals surface area contributed by atoms with Crippen LogP contribution >= 0.6 is 11.8 Å². The molecular formula is C13H26N2O3S2. The highest BCUT2D eigenvalue weighted by Crippen LogP contribution is 2.20. The van der Waals surface area contributed by atoms with Crippen molar-refractivity contribution in [3.05, 3.63) is 0 Å². The summed E-state index contributed by atoms with van der Waals surface area (Å²) >= 11 is 1.74. The molecule has 0 spiro atoms. The average molecular weight is 322 g/mol. The number of sulfone groups is 1. The van der Waals surface area contributed by atoms with Crippen LogP contribution in [0.5, 0.6) is 0 Å². The minimum absolute atomic E-state index is 0.305. The van der Waals surface area contributed by atoms with E-state index in [9.17, 15) is 8.42 Å². The molecule has 0 radical (unpaired) electrons. The van der Waals surface area contributed by atoms with E-state index in [2.05, 4.69) is 10.2 Å². The van der Waals surface area contributed by atoms with E-state index < -0.39 is 9.84 Å². The van der Waals surface area contributed by atoms with Gasteiger partial charge < -0.3 is 10.1 Å². The quantitative estimate of drug-likeness (QED) is 0.721. The molecule has 0 aromatic carbocycles. The van der Waals surface area contributed by atoms with Gasteiger partial charge in [0.2, 0.25) is 0 Å². The number of nitrogens with zero attached hydrogens (tertiary/aromatic N) is 1. The van der Waals surface area contributed by atoms with Gasteiger partial charge in [-0.2, -0.15) is 11.8 Å². The van der Waals surface area contributed by atoms with Gasteiger partial charge in [0.05, 0.1) is 6.10 Å². The van der Waals surface area contributed by atoms with E-state index in [1.807, 2.05) is 0 Å². The topological polar surface area (TPSA) is 58.6 Å². The van der Waals surface area contributed by atoms with Gasteiger partial charge in [-0.25, -0.2) is 8.42 Å². The lowest BCUT2D eigenvalue weighted by Crippen LogP contribution is -2.47. The minimum Gasteiger partial charge on any atom is -0.378 e. The first kappa shape index (κ1) is 16.5. The number of hydrogen-bond acceptors (Lipinski definition) is 6. The van der Waals surface area contributed by atoms with Crippen molar-refractivity contribution in [3.8, 4) is 0 Å². The molecule has 0 aliphatic carbocycles. The van der Waals surface area contributed by atoms with Crippen molar-refractivity contribution in [1.29, 1.82) is 0 Å². The molecule has 2 aliphatic heterocycles. The van der Waals surface area contributed by atoms with Crippen molar-refractivity contribution in [2.24, 2.45) is 0 Å². The van der Waals surface area contributed by atoms with Crippen LogP contribution in [0.2, 0.25) is 0 Å². The fourth-order valence-electron chi connectivity index (χ4n) is 2.75. The first-order chi connectivity index (χ1) is 9.57. The van der Waals surface area contributed by atoms with Crippen molar-refractivity contribution in [2.75, 3.05) is 50.5 Å². The Balaban J connectivity index is 1.69. The smallest absolute Gasteiger partial charge is 0.164 e. The summed E-state index contributed by atoms with van der Waals surface area (Å²) in [4.78, 5) is 2.11. The third kappa shape index (κ3) is 5.18. The molecule has 0 saturated carbocycles. The molecule has 20 heavy (non-hydrogen) atoms. The van der Waals surface area contributed by atoms with Gasteiger partial charge in [0.25, 0.3) is 0 Å². The lowest BCUT2D eigenvalue weighted by Gasteiger charge is -2.34. The average Bonchev–Trinajstić information content (AvgIpc) is 2.44. The van der Waals surface area contributed by atoms with E-state index in [1.54, 1.807) is 11.8 Å². The predicted octanol–water partition coefficient (Wildman–Crippen LogP) is 0.565. The van der Waals surface area contributed by atoms with Gasteiger partial charge in [-0.05, 0) is 32.4 Å². The van der Waals surface area contributed by atoms with E-state index in [0.717, 1.165) is 57.8 Å². The van der Waals surface area contributed by atoms with Gasteiger partial charge in [-0.1, -0.05) is 0 Å². The van der Waals surface area contributed by atoms with Gasteiger partial charge in [0.15, 0.2) is 9.84 Å². The normalized spacial score (nSPS) is 26.8. The van der Waals surface area contributed by atoms with Crippen LogP contribution < -0.4 is 5.32 Å². The summed E-state index contributed by atoms with van der Waals surface area (Å²) in [6.45, 7) is 4.53. The third-order valence-corrected chi connectivity index (χ3v) is 6.60. The van der Waals surface area contributed by atoms with Crippen molar-refractivity contribution < 1.29 is 13.2 Å². The third-order valence-electron chi connectivity index (χ3n) is 3.91. The zero-order valence-corrected chi connectivity index (χ0v) is 13.8. The highest BCUT2D eigenvalue weighted by Gasteiger charge is 2.30. The minimum atomic E-state index is -2.98. The Hall–Kier alpha value is 0.180. The zero-order valence-electron chi connectivity index (χ0n) is 12.2. The molecular weight excluding hydrogens is 296 g/mol. The molecule has 0 aromatic heterocycles. The number of hydrogen-bond donors (Lipinski definition) is 1. The van der Waals surface area contributed by atoms with Crippen LogP contribution in [-0.4, -0.2) is 75.3 Å². The number of piperidine rings is 1. The molecule has 1 atom stereocenters. The molecule has 0 amide bonds. The van der Waals surface area contributed by atoms with Gasteiger partial charge in [0, 0.05) is 37.5 Å². The second-order valence-corrected chi connectivity index (χ2v) is 8.92. The summed E-state index contributed by atoms with van der Waals surface area (Å²) < 4.78 is 29.4. The molecule has 7 heteroatoms. The second kappa shape index (κ2) is 7.98. The first-order valence-corrected chi connectivity index (χ1v) is 10.5. The predicted molar refractivity (Wildman–Crippen MR) is 84.0 cm³/mol. The summed E-state index contributed by atoms with van der Waals surface area (Å²) in [5, 5.41) is 3.02. The molecule has 0 bridgehead atoms. The number of ether oxygens (including phenoxy) is 1. The highest BCUT2D eigenvalue weighted by molar-refractivity contribution is 8.00. The number of thioether (sulfide) groups is 1. The Morgan fingerprint density at radius 3 is 2.80 bits per heavy atom. The molecule has 0 aromatic rings. The Bertz CT molecular complexity index is 383. The van der Waals surface area contributed by atoms with Crippen LogP contribution in [-0.2, 0) is 14.6 Å². The van der Waals surface area contributed by atoms with E-state index in [0.29, 0.717) is 11.9 Å². The van der Waals surface area contributed by atoms with Crippen molar-refractivity contribution in [3.63, 3.8) is 0 Å². The molecule has 2 heterocycles. The monoisotopic (exact) mass is 322 g/mol. The summed E-state index contributed by atoms with van der Waals surface area (Å²) in [6, 6.07) is 0. The number of nitrogens with one attached hydrogen (secondary N) is 1. The van der Waals surface area contributed by atoms with Gasteiger partial charge >= 0.3 is 0 Å². The molecule has 2 fully saturated rings. The Morgan fingerprint density at radius 1 is 1.35 bits per heavy atom. The maximum absolute atomic E-state index is 11.8. The Morgan fingerprint density at radius 2 is 2.10 bits per heavy atom. The van der Waals surface area contributed by atoms with Crippen LogP contribution in [0.25, 0.3) is 0 Å². The Labute approximate surface area is 126 Å². The van der Waals surface area contributed by atoms with Crippen LogP contribution in [0, 0.1) is 0 Å². The zero-order chi connectivity index (χ0) is 14.4. The lowest BCUT2D eigenvalue weighted by molar-refractivity contribution is 0.0276. The van der Waals surface area contributed by atoms with E-state index >= 15 is 0 Å². The fourth-order valence-corrected chi connectivity index (χ4v) is 5.72. The van der Waals surface area contributed by atoms with Gasteiger partial charge in [0.1, 0.15) is 5.37 Å². The van der Waals surface area contributed by atoms with Crippen molar-refractivity contribution in [1.82, 2.24) is 10.2 Å². The molecule has 2 saturated heterocycles. The van der Waals surface area contributed by atoms with E-state index in [-0.39, 0.29) is 5.37 Å². The van der Waals surface area contributed by atoms with Crippen molar-refractivity contribution in [2.45, 2.75) is 30.7 Å². The van der Waals surface area contributed by atoms with E-state index in [4.69, 9.17) is 4.74 Å². The maximum atomic E-state index is 11.8. The second-order valence-electron chi connectivity index (χ2n) is 5.57. The molecule has 118 valence electrons. The van der Waals surface area contributed by atoms with Crippen LogP contribution in [0.4, 0.5) is 0 Å². The van der Waals surface area contributed by atoms with Gasteiger partial charge in [-0.3, -0.25) is 4.90 Å². The summed E-state index contributed by atoms with van der Waals surface area (Å²) in [7, 11) is -2.98. The van der Waals surface area contributed by atoms with Crippen molar-refractivity contribution >= 4 is 21.6 Å². The standard InChI is InChI=1S/C13H26N2O3S2/c1-20(16,17)13-11-19-10-8-15(13)7-2-9-18-12-3-5-14-6-4-12/h12-14H,2-11H2,1H3. The molecule has 5 nitrogen and oxygen atoms in total. The molecule has 2 aliphatic rings.